The Labute approximate surface area is 87.7 Å². The average molecular weight is 211 g/mol. The highest BCUT2D eigenvalue weighted by Crippen LogP contribution is 2.22. The Hall–Kier alpha value is -1.00. The van der Waals surface area contributed by atoms with Crippen molar-refractivity contribution in [2.75, 3.05) is 20.0 Å². The molecule has 14 heavy (non-hydrogen) atoms. The molecule has 0 aliphatic rings. The number of carboxylic acid groups (broad SMARTS) is 1. The molecule has 0 amide bonds. The quantitative estimate of drug-likeness (QED) is 0.611. The van der Waals surface area contributed by atoms with Gasteiger partial charge in [0.25, 0.3) is 0 Å². The Morgan fingerprint density at radius 3 is 2.64 bits per heavy atom. The van der Waals surface area contributed by atoms with E-state index in [1.165, 1.54) is 11.8 Å². The number of benzene rings is 1. The number of aromatic carboxylic acids is 1. The topological polar surface area (TPSA) is 40.5 Å². The summed E-state index contributed by atoms with van der Waals surface area (Å²) < 4.78 is 0. The van der Waals surface area contributed by atoms with Gasteiger partial charge in [-0.1, -0.05) is 12.1 Å². The zero-order valence-electron chi connectivity index (χ0n) is 8.23. The van der Waals surface area contributed by atoms with Crippen molar-refractivity contribution >= 4 is 17.7 Å². The second-order valence-corrected chi connectivity index (χ2v) is 4.14. The summed E-state index contributed by atoms with van der Waals surface area (Å²) in [5.41, 5.74) is 0.374. The number of carboxylic acids is 1. The third kappa shape index (κ3) is 3.05. The monoisotopic (exact) mass is 211 g/mol. The fraction of sp³-hybridized carbons (Fsp3) is 0.300. The lowest BCUT2D eigenvalue weighted by molar-refractivity contribution is 0.0693. The van der Waals surface area contributed by atoms with Crippen LogP contribution in [0.3, 0.4) is 0 Å². The van der Waals surface area contributed by atoms with Crippen LogP contribution in [0.2, 0.25) is 0 Å². The van der Waals surface area contributed by atoms with Gasteiger partial charge in [-0.2, -0.15) is 0 Å². The van der Waals surface area contributed by atoms with Crippen LogP contribution >= 0.6 is 11.8 Å². The molecule has 76 valence electrons. The van der Waals surface area contributed by atoms with Gasteiger partial charge in [0.1, 0.15) is 0 Å². The van der Waals surface area contributed by atoms with E-state index in [1.54, 1.807) is 12.1 Å². The summed E-state index contributed by atoms with van der Waals surface area (Å²) >= 11 is 1.53. The maximum atomic E-state index is 10.8. The van der Waals surface area contributed by atoms with Gasteiger partial charge in [-0.25, -0.2) is 4.79 Å². The van der Waals surface area contributed by atoms with Crippen LogP contribution in [0.25, 0.3) is 0 Å². The number of thioether (sulfide) groups is 1. The molecular weight excluding hydrogens is 198 g/mol. The molecule has 0 heterocycles. The van der Waals surface area contributed by atoms with E-state index in [4.69, 9.17) is 5.11 Å². The molecule has 1 aromatic carbocycles. The van der Waals surface area contributed by atoms with Crippen molar-refractivity contribution in [1.29, 1.82) is 0 Å². The van der Waals surface area contributed by atoms with Crippen LogP contribution in [-0.2, 0) is 0 Å². The highest BCUT2D eigenvalue weighted by atomic mass is 32.2. The first-order valence-corrected chi connectivity index (χ1v) is 5.19. The summed E-state index contributed by atoms with van der Waals surface area (Å²) in [5, 5.41) is 8.90. The molecule has 1 rings (SSSR count). The number of nitrogens with zero attached hydrogens (tertiary/aromatic N) is 1. The lowest BCUT2D eigenvalue weighted by atomic mass is 10.2. The standard InChI is InChI=1S/C10H13NO2S/c1-11(2)7-14-9-6-4-3-5-8(9)10(12)13/h3-6H,7H2,1-2H3,(H,12,13). The molecule has 0 radical (unpaired) electrons. The van der Waals surface area contributed by atoms with Gasteiger partial charge in [0.05, 0.1) is 5.56 Å². The molecule has 0 unspecified atom stereocenters. The minimum Gasteiger partial charge on any atom is -0.478 e. The van der Waals surface area contributed by atoms with Gasteiger partial charge < -0.3 is 5.11 Å². The van der Waals surface area contributed by atoms with Gasteiger partial charge in [-0.15, -0.1) is 11.8 Å². The van der Waals surface area contributed by atoms with E-state index in [9.17, 15) is 4.79 Å². The van der Waals surface area contributed by atoms with E-state index in [0.29, 0.717) is 5.56 Å². The van der Waals surface area contributed by atoms with Crippen molar-refractivity contribution in [2.45, 2.75) is 4.90 Å². The molecule has 4 heteroatoms. The summed E-state index contributed by atoms with van der Waals surface area (Å²) in [5.74, 6) is -0.0866. The van der Waals surface area contributed by atoms with Gasteiger partial charge in [-0.3, -0.25) is 4.90 Å². The molecule has 0 saturated heterocycles. The third-order valence-corrected chi connectivity index (χ3v) is 2.91. The van der Waals surface area contributed by atoms with E-state index < -0.39 is 5.97 Å². The second-order valence-electron chi connectivity index (χ2n) is 3.15. The van der Waals surface area contributed by atoms with E-state index in [0.717, 1.165) is 10.8 Å². The van der Waals surface area contributed by atoms with Crippen molar-refractivity contribution in [3.05, 3.63) is 29.8 Å². The molecule has 0 aromatic heterocycles. The average Bonchev–Trinajstić information content (AvgIpc) is 2.15. The van der Waals surface area contributed by atoms with Crippen LogP contribution in [0.5, 0.6) is 0 Å². The van der Waals surface area contributed by atoms with Crippen molar-refractivity contribution in [3.8, 4) is 0 Å². The zero-order valence-corrected chi connectivity index (χ0v) is 9.04. The smallest absolute Gasteiger partial charge is 0.336 e. The number of hydrogen-bond donors (Lipinski definition) is 1. The highest BCUT2D eigenvalue weighted by molar-refractivity contribution is 7.99. The Kier molecular flexibility index (Phi) is 3.98. The number of hydrogen-bond acceptors (Lipinski definition) is 3. The van der Waals surface area contributed by atoms with Gasteiger partial charge in [0, 0.05) is 10.8 Å². The Morgan fingerprint density at radius 1 is 1.43 bits per heavy atom. The molecule has 1 N–H and O–H groups in total. The third-order valence-electron chi connectivity index (χ3n) is 1.60. The summed E-state index contributed by atoms with van der Waals surface area (Å²) in [6.45, 7) is 0. The van der Waals surface area contributed by atoms with Crippen molar-refractivity contribution < 1.29 is 9.90 Å². The Morgan fingerprint density at radius 2 is 2.07 bits per heavy atom. The molecule has 0 aliphatic carbocycles. The summed E-state index contributed by atoms with van der Waals surface area (Å²) in [7, 11) is 3.91. The van der Waals surface area contributed by atoms with Crippen LogP contribution in [0.4, 0.5) is 0 Å². The molecule has 0 spiro atoms. The number of rotatable bonds is 4. The predicted octanol–water partition coefficient (Wildman–Crippen LogP) is 2.00. The lowest BCUT2D eigenvalue weighted by Gasteiger charge is -2.10. The van der Waals surface area contributed by atoms with E-state index in [-0.39, 0.29) is 0 Å². The van der Waals surface area contributed by atoms with Crippen LogP contribution in [0.1, 0.15) is 10.4 Å². The first kappa shape index (κ1) is 11.1. The molecule has 1 aromatic rings. The second kappa shape index (κ2) is 5.02. The summed E-state index contributed by atoms with van der Waals surface area (Å²) in [6.07, 6.45) is 0. The maximum Gasteiger partial charge on any atom is 0.336 e. The van der Waals surface area contributed by atoms with Crippen molar-refractivity contribution in [3.63, 3.8) is 0 Å². The first-order valence-electron chi connectivity index (χ1n) is 4.21. The molecule has 3 nitrogen and oxygen atoms in total. The normalized spacial score (nSPS) is 10.5. The predicted molar refractivity (Wildman–Crippen MR) is 57.8 cm³/mol. The fourth-order valence-electron chi connectivity index (χ4n) is 0.968. The van der Waals surface area contributed by atoms with Crippen LogP contribution in [0, 0.1) is 0 Å². The van der Waals surface area contributed by atoms with Crippen LogP contribution in [-0.4, -0.2) is 35.9 Å². The molecule has 0 fully saturated rings. The Bertz CT molecular complexity index is 326. The van der Waals surface area contributed by atoms with E-state index in [1.807, 2.05) is 31.1 Å². The first-order chi connectivity index (χ1) is 6.61. The SMILES string of the molecule is CN(C)CSc1ccccc1C(=O)O. The van der Waals surface area contributed by atoms with Crippen LogP contribution in [0.15, 0.2) is 29.2 Å². The van der Waals surface area contributed by atoms with Gasteiger partial charge >= 0.3 is 5.97 Å². The molecule has 0 atom stereocenters. The van der Waals surface area contributed by atoms with Crippen LogP contribution < -0.4 is 0 Å². The van der Waals surface area contributed by atoms with Crippen molar-refractivity contribution in [1.82, 2.24) is 4.90 Å². The summed E-state index contributed by atoms with van der Waals surface area (Å²) in [4.78, 5) is 13.7. The maximum absolute atomic E-state index is 10.8. The number of carbonyl (C=O) groups is 1. The minimum atomic E-state index is -0.869. The minimum absolute atomic E-state index is 0.374. The van der Waals surface area contributed by atoms with E-state index >= 15 is 0 Å². The summed E-state index contributed by atoms with van der Waals surface area (Å²) in [6, 6.07) is 7.05. The fourth-order valence-corrected chi connectivity index (χ4v) is 1.85. The highest BCUT2D eigenvalue weighted by Gasteiger charge is 2.08. The van der Waals surface area contributed by atoms with Gasteiger partial charge in [0.2, 0.25) is 0 Å². The molecule has 0 saturated carbocycles. The van der Waals surface area contributed by atoms with E-state index in [2.05, 4.69) is 0 Å². The van der Waals surface area contributed by atoms with Gasteiger partial charge in [-0.05, 0) is 26.2 Å². The zero-order chi connectivity index (χ0) is 10.6. The molecule has 0 aliphatic heterocycles. The lowest BCUT2D eigenvalue weighted by Crippen LogP contribution is -2.10. The largest absolute Gasteiger partial charge is 0.478 e. The Balaban J connectivity index is 2.79. The van der Waals surface area contributed by atoms with Gasteiger partial charge in [0.15, 0.2) is 0 Å². The van der Waals surface area contributed by atoms with Crippen molar-refractivity contribution in [2.24, 2.45) is 0 Å². The molecular formula is C10H13NO2S. The molecule has 0 bridgehead atoms.